The van der Waals surface area contributed by atoms with Crippen LogP contribution in [0.2, 0.25) is 0 Å². The molecule has 0 N–H and O–H groups in total. The van der Waals surface area contributed by atoms with Gasteiger partial charge in [0.1, 0.15) is 0 Å². The summed E-state index contributed by atoms with van der Waals surface area (Å²) in [7, 11) is 3.01. The molecule has 6 nitrogen and oxygen atoms in total. The van der Waals surface area contributed by atoms with Gasteiger partial charge in [-0.2, -0.15) is 0 Å². The Morgan fingerprint density at radius 3 is 2.30 bits per heavy atom. The third-order valence-electron chi connectivity index (χ3n) is 3.62. The standard InChI is InChI=1S/C14H20N2O4/c1-19-13-8-11(10-15-6-4-3-5-7-15)12(16(17)18)9-14(13)20-2/h8-9H,3-7,10H2,1-2H3. The molecule has 1 aromatic rings. The van der Waals surface area contributed by atoms with Crippen LogP contribution in [0.25, 0.3) is 0 Å². The largest absolute Gasteiger partial charge is 0.493 e. The lowest BCUT2D eigenvalue weighted by atomic mass is 10.1. The van der Waals surface area contributed by atoms with E-state index in [2.05, 4.69) is 4.90 Å². The molecule has 20 heavy (non-hydrogen) atoms. The zero-order valence-corrected chi connectivity index (χ0v) is 11.9. The lowest BCUT2D eigenvalue weighted by Crippen LogP contribution is -2.29. The monoisotopic (exact) mass is 280 g/mol. The Kier molecular flexibility index (Phi) is 4.79. The first-order valence-corrected chi connectivity index (χ1v) is 6.77. The summed E-state index contributed by atoms with van der Waals surface area (Å²) in [5.74, 6) is 0.923. The van der Waals surface area contributed by atoms with E-state index in [9.17, 15) is 10.1 Å². The smallest absolute Gasteiger partial charge is 0.277 e. The Bertz CT molecular complexity index is 484. The molecule has 0 aromatic heterocycles. The summed E-state index contributed by atoms with van der Waals surface area (Å²) in [4.78, 5) is 13.1. The molecule has 0 bridgehead atoms. The van der Waals surface area contributed by atoms with Crippen LogP contribution >= 0.6 is 0 Å². The number of likely N-dealkylation sites (tertiary alicyclic amines) is 1. The number of rotatable bonds is 5. The van der Waals surface area contributed by atoms with Gasteiger partial charge in [-0.3, -0.25) is 15.0 Å². The highest BCUT2D eigenvalue weighted by Gasteiger charge is 2.22. The topological polar surface area (TPSA) is 64.8 Å². The van der Waals surface area contributed by atoms with Gasteiger partial charge in [-0.1, -0.05) is 6.42 Å². The Hall–Kier alpha value is -1.82. The fourth-order valence-corrected chi connectivity index (χ4v) is 2.57. The molecule has 1 heterocycles. The second-order valence-corrected chi connectivity index (χ2v) is 4.93. The molecule has 1 saturated heterocycles. The lowest BCUT2D eigenvalue weighted by Gasteiger charge is -2.26. The number of hydrogen-bond acceptors (Lipinski definition) is 5. The summed E-state index contributed by atoms with van der Waals surface area (Å²) in [5.41, 5.74) is 0.766. The number of methoxy groups -OCH3 is 2. The average Bonchev–Trinajstić information content (AvgIpc) is 2.47. The van der Waals surface area contributed by atoms with Crippen molar-refractivity contribution in [2.24, 2.45) is 0 Å². The van der Waals surface area contributed by atoms with Crippen LogP contribution in [-0.4, -0.2) is 37.1 Å². The van der Waals surface area contributed by atoms with Crippen LogP contribution in [0, 0.1) is 10.1 Å². The van der Waals surface area contributed by atoms with E-state index >= 15 is 0 Å². The van der Waals surface area contributed by atoms with E-state index in [4.69, 9.17) is 9.47 Å². The van der Waals surface area contributed by atoms with Crippen molar-refractivity contribution in [3.63, 3.8) is 0 Å². The minimum atomic E-state index is -0.360. The summed E-state index contributed by atoms with van der Waals surface area (Å²) in [5, 5.41) is 11.2. The lowest BCUT2D eigenvalue weighted by molar-refractivity contribution is -0.385. The number of nitro benzene ring substituents is 1. The van der Waals surface area contributed by atoms with Crippen molar-refractivity contribution in [2.45, 2.75) is 25.8 Å². The molecule has 1 aliphatic rings. The van der Waals surface area contributed by atoms with Gasteiger partial charge in [-0.25, -0.2) is 0 Å². The van der Waals surface area contributed by atoms with Crippen molar-refractivity contribution in [3.8, 4) is 11.5 Å². The molecule has 110 valence electrons. The highest BCUT2D eigenvalue weighted by atomic mass is 16.6. The van der Waals surface area contributed by atoms with Crippen LogP contribution in [-0.2, 0) is 6.54 Å². The maximum Gasteiger partial charge on any atom is 0.277 e. The third kappa shape index (κ3) is 3.19. The van der Waals surface area contributed by atoms with E-state index in [0.29, 0.717) is 23.6 Å². The normalized spacial score (nSPS) is 15.9. The van der Waals surface area contributed by atoms with Gasteiger partial charge in [0.05, 0.1) is 25.2 Å². The Balaban J connectivity index is 2.30. The predicted octanol–water partition coefficient (Wildman–Crippen LogP) is 2.60. The zero-order valence-electron chi connectivity index (χ0n) is 11.9. The van der Waals surface area contributed by atoms with Gasteiger partial charge in [-0.05, 0) is 32.0 Å². The molecule has 0 saturated carbocycles. The van der Waals surface area contributed by atoms with E-state index in [-0.39, 0.29) is 10.6 Å². The van der Waals surface area contributed by atoms with Crippen molar-refractivity contribution in [1.82, 2.24) is 4.90 Å². The Morgan fingerprint density at radius 2 is 1.75 bits per heavy atom. The van der Waals surface area contributed by atoms with Crippen LogP contribution in [0.4, 0.5) is 5.69 Å². The van der Waals surface area contributed by atoms with Crippen molar-refractivity contribution in [2.75, 3.05) is 27.3 Å². The second-order valence-electron chi connectivity index (χ2n) is 4.93. The van der Waals surface area contributed by atoms with E-state index in [1.165, 1.54) is 26.7 Å². The molecular formula is C14H20N2O4. The van der Waals surface area contributed by atoms with Crippen molar-refractivity contribution >= 4 is 5.69 Å². The summed E-state index contributed by atoms with van der Waals surface area (Å²) < 4.78 is 10.4. The number of benzene rings is 1. The SMILES string of the molecule is COc1cc(CN2CCCCC2)c([N+](=O)[O-])cc1OC. The number of piperidine rings is 1. The maximum atomic E-state index is 11.2. The Labute approximate surface area is 118 Å². The minimum absolute atomic E-state index is 0.0909. The first kappa shape index (κ1) is 14.6. The van der Waals surface area contributed by atoms with E-state index in [0.717, 1.165) is 25.9 Å². The van der Waals surface area contributed by atoms with Crippen LogP contribution in [0.1, 0.15) is 24.8 Å². The fraction of sp³-hybridized carbons (Fsp3) is 0.571. The number of ether oxygens (including phenoxy) is 2. The first-order valence-electron chi connectivity index (χ1n) is 6.77. The van der Waals surface area contributed by atoms with E-state index in [1.807, 2.05) is 0 Å². The summed E-state index contributed by atoms with van der Waals surface area (Å²) in [6.07, 6.45) is 3.55. The van der Waals surface area contributed by atoms with Crippen molar-refractivity contribution in [1.29, 1.82) is 0 Å². The van der Waals surface area contributed by atoms with Gasteiger partial charge in [0, 0.05) is 12.1 Å². The van der Waals surface area contributed by atoms with Gasteiger partial charge in [-0.15, -0.1) is 0 Å². The molecule has 0 amide bonds. The van der Waals surface area contributed by atoms with Crippen LogP contribution in [0.5, 0.6) is 11.5 Å². The molecule has 0 unspecified atom stereocenters. The molecule has 0 spiro atoms. The van der Waals surface area contributed by atoms with E-state index < -0.39 is 0 Å². The van der Waals surface area contributed by atoms with Gasteiger partial charge in [0.2, 0.25) is 0 Å². The van der Waals surface area contributed by atoms with Crippen LogP contribution in [0.3, 0.4) is 0 Å². The zero-order chi connectivity index (χ0) is 14.5. The van der Waals surface area contributed by atoms with Crippen molar-refractivity contribution in [3.05, 3.63) is 27.8 Å². The van der Waals surface area contributed by atoms with Gasteiger partial charge >= 0.3 is 0 Å². The van der Waals surface area contributed by atoms with Gasteiger partial charge in [0.25, 0.3) is 5.69 Å². The Morgan fingerprint density at radius 1 is 1.15 bits per heavy atom. The molecule has 0 atom stereocenters. The summed E-state index contributed by atoms with van der Waals surface area (Å²) in [6.45, 7) is 2.56. The highest BCUT2D eigenvalue weighted by molar-refractivity contribution is 5.54. The number of nitrogens with zero attached hydrogens (tertiary/aromatic N) is 2. The van der Waals surface area contributed by atoms with Crippen LogP contribution < -0.4 is 9.47 Å². The van der Waals surface area contributed by atoms with Crippen molar-refractivity contribution < 1.29 is 14.4 Å². The number of hydrogen-bond donors (Lipinski definition) is 0. The first-order chi connectivity index (χ1) is 9.65. The summed E-state index contributed by atoms with van der Waals surface area (Å²) >= 11 is 0. The molecule has 6 heteroatoms. The van der Waals surface area contributed by atoms with Crippen LogP contribution in [0.15, 0.2) is 12.1 Å². The third-order valence-corrected chi connectivity index (χ3v) is 3.62. The molecular weight excluding hydrogens is 260 g/mol. The maximum absolute atomic E-state index is 11.2. The van der Waals surface area contributed by atoms with E-state index in [1.54, 1.807) is 6.07 Å². The fourth-order valence-electron chi connectivity index (χ4n) is 2.57. The minimum Gasteiger partial charge on any atom is -0.493 e. The summed E-state index contributed by atoms with van der Waals surface area (Å²) in [6, 6.07) is 3.16. The number of nitro groups is 1. The predicted molar refractivity (Wildman–Crippen MR) is 75.3 cm³/mol. The average molecular weight is 280 g/mol. The van der Waals surface area contributed by atoms with Gasteiger partial charge in [0.15, 0.2) is 11.5 Å². The molecule has 1 fully saturated rings. The highest BCUT2D eigenvalue weighted by Crippen LogP contribution is 2.35. The molecule has 2 rings (SSSR count). The second kappa shape index (κ2) is 6.56. The molecule has 0 aliphatic carbocycles. The molecule has 0 radical (unpaired) electrons. The molecule has 1 aromatic carbocycles. The van der Waals surface area contributed by atoms with Gasteiger partial charge < -0.3 is 9.47 Å². The quantitative estimate of drug-likeness (QED) is 0.612. The molecule has 1 aliphatic heterocycles.